The van der Waals surface area contributed by atoms with Crippen LogP contribution in [0.5, 0.6) is 0 Å². The number of carbonyl (C=O) groups is 2. The molecule has 5 nitrogen and oxygen atoms in total. The molecule has 0 N–H and O–H groups in total. The zero-order chi connectivity index (χ0) is 14.0. The van der Waals surface area contributed by atoms with Crippen molar-refractivity contribution >= 4 is 28.2 Å². The fourth-order valence-corrected chi connectivity index (χ4v) is 3.01. The molecule has 1 aromatic heterocycles. The number of carbonyl (C=O) groups excluding carboxylic acids is 2. The molecule has 1 aliphatic rings. The third kappa shape index (κ3) is 2.94. The number of hydrogen-bond acceptors (Lipinski definition) is 6. The summed E-state index contributed by atoms with van der Waals surface area (Å²) in [5.74, 6) is 0.00203. The smallest absolute Gasteiger partial charge is 0.358 e. The number of rotatable bonds is 5. The van der Waals surface area contributed by atoms with Crippen molar-refractivity contribution in [3.05, 3.63) is 10.6 Å². The van der Waals surface area contributed by atoms with Gasteiger partial charge in [-0.1, -0.05) is 17.8 Å². The van der Waals surface area contributed by atoms with Gasteiger partial charge in [-0.25, -0.2) is 9.78 Å². The first-order valence-electron chi connectivity index (χ1n) is 6.34. The van der Waals surface area contributed by atoms with E-state index in [0.717, 1.165) is 6.54 Å². The predicted octanol–water partition coefficient (Wildman–Crippen LogP) is 2.37. The van der Waals surface area contributed by atoms with Gasteiger partial charge < -0.3 is 9.64 Å². The van der Waals surface area contributed by atoms with Crippen LogP contribution >= 0.6 is 11.3 Å². The van der Waals surface area contributed by atoms with E-state index in [1.54, 1.807) is 0 Å². The number of anilines is 1. The second kappa shape index (κ2) is 5.69. The van der Waals surface area contributed by atoms with E-state index in [2.05, 4.69) is 9.72 Å². The van der Waals surface area contributed by atoms with E-state index in [0.29, 0.717) is 15.9 Å². The van der Waals surface area contributed by atoms with Gasteiger partial charge >= 0.3 is 5.97 Å². The molecular formula is C13H18N2O3S. The van der Waals surface area contributed by atoms with Gasteiger partial charge in [0.05, 0.1) is 7.11 Å². The zero-order valence-corrected chi connectivity index (χ0v) is 12.2. The summed E-state index contributed by atoms with van der Waals surface area (Å²) in [6.07, 6.45) is 3.79. The van der Waals surface area contributed by atoms with E-state index < -0.39 is 5.97 Å². The molecule has 0 aliphatic heterocycles. The van der Waals surface area contributed by atoms with Crippen molar-refractivity contribution in [3.63, 3.8) is 0 Å². The minimum Gasteiger partial charge on any atom is -0.464 e. The van der Waals surface area contributed by atoms with Gasteiger partial charge in [-0.3, -0.25) is 4.79 Å². The second-order valence-corrected chi connectivity index (χ2v) is 5.88. The van der Waals surface area contributed by atoms with Gasteiger partial charge in [-0.2, -0.15) is 0 Å². The van der Waals surface area contributed by atoms with Gasteiger partial charge in [0.1, 0.15) is 4.88 Å². The number of aromatic nitrogens is 1. The van der Waals surface area contributed by atoms with Crippen LogP contribution in [-0.4, -0.2) is 37.4 Å². The van der Waals surface area contributed by atoms with Crippen molar-refractivity contribution in [2.75, 3.05) is 25.6 Å². The van der Waals surface area contributed by atoms with Gasteiger partial charge in [0.15, 0.2) is 16.6 Å². The number of methoxy groups -OCH3 is 1. The maximum absolute atomic E-state index is 11.6. The van der Waals surface area contributed by atoms with Crippen LogP contribution in [0.4, 0.5) is 5.13 Å². The lowest BCUT2D eigenvalue weighted by atomic mass is 9.85. The van der Waals surface area contributed by atoms with Gasteiger partial charge in [-0.15, -0.1) is 0 Å². The zero-order valence-electron chi connectivity index (χ0n) is 11.4. The molecule has 0 amide bonds. The number of thiazole rings is 1. The summed E-state index contributed by atoms with van der Waals surface area (Å²) >= 11 is 1.26. The Hall–Kier alpha value is -1.43. The van der Waals surface area contributed by atoms with Crippen molar-refractivity contribution in [2.24, 2.45) is 5.92 Å². The Morgan fingerprint density at radius 3 is 2.63 bits per heavy atom. The van der Waals surface area contributed by atoms with E-state index in [-0.39, 0.29) is 11.5 Å². The van der Waals surface area contributed by atoms with Gasteiger partial charge in [0.25, 0.3) is 0 Å². The molecule has 0 atom stereocenters. The minimum atomic E-state index is -0.551. The van der Waals surface area contributed by atoms with Crippen LogP contribution < -0.4 is 4.90 Å². The number of nitrogens with zero attached hydrogens (tertiary/aromatic N) is 2. The number of hydrogen-bond donors (Lipinski definition) is 0. The first kappa shape index (κ1) is 14.0. The van der Waals surface area contributed by atoms with Crippen LogP contribution in [0.15, 0.2) is 0 Å². The van der Waals surface area contributed by atoms with E-state index in [1.807, 2.05) is 11.9 Å². The van der Waals surface area contributed by atoms with Crippen molar-refractivity contribution in [1.29, 1.82) is 0 Å². The highest BCUT2D eigenvalue weighted by Crippen LogP contribution is 2.31. The molecule has 2 rings (SSSR count). The average molecular weight is 282 g/mol. The molecule has 0 bridgehead atoms. The summed E-state index contributed by atoms with van der Waals surface area (Å²) in [5.41, 5.74) is 0.135. The van der Waals surface area contributed by atoms with Crippen LogP contribution in [0, 0.1) is 5.92 Å². The molecule has 1 aliphatic carbocycles. The van der Waals surface area contributed by atoms with Crippen molar-refractivity contribution < 1.29 is 14.3 Å². The van der Waals surface area contributed by atoms with E-state index in [9.17, 15) is 9.59 Å². The Morgan fingerprint density at radius 1 is 1.47 bits per heavy atom. The molecule has 19 heavy (non-hydrogen) atoms. The van der Waals surface area contributed by atoms with Crippen LogP contribution in [0.2, 0.25) is 0 Å². The van der Waals surface area contributed by atoms with E-state index in [1.165, 1.54) is 44.6 Å². The molecule has 6 heteroatoms. The molecule has 1 heterocycles. The maximum Gasteiger partial charge on any atom is 0.358 e. The van der Waals surface area contributed by atoms with Gasteiger partial charge in [-0.05, 0) is 18.8 Å². The van der Waals surface area contributed by atoms with E-state index in [4.69, 9.17) is 0 Å². The number of ether oxygens (including phenoxy) is 1. The average Bonchev–Trinajstić information content (AvgIpc) is 2.77. The fraction of sp³-hybridized carbons (Fsp3) is 0.615. The predicted molar refractivity (Wildman–Crippen MR) is 74.1 cm³/mol. The summed E-state index contributed by atoms with van der Waals surface area (Å²) < 4.78 is 4.67. The third-order valence-corrected chi connectivity index (χ3v) is 4.67. The molecule has 1 aromatic rings. The highest BCUT2D eigenvalue weighted by Gasteiger charge is 2.25. The van der Waals surface area contributed by atoms with Crippen LogP contribution in [-0.2, 0) is 4.74 Å². The minimum absolute atomic E-state index is 0.135. The Balaban J connectivity index is 2.20. The van der Waals surface area contributed by atoms with Crippen molar-refractivity contribution in [2.45, 2.75) is 26.2 Å². The largest absolute Gasteiger partial charge is 0.464 e. The molecule has 0 spiro atoms. The molecular weight excluding hydrogens is 264 g/mol. The topological polar surface area (TPSA) is 59.5 Å². The molecule has 104 valence electrons. The fourth-order valence-electron chi connectivity index (χ4n) is 2.09. The number of Topliss-reactive ketones (excluding diaryl/α,β-unsaturated/α-hetero) is 1. The SMILES string of the molecule is COC(=O)c1nc(N(C)CC2CCC2)sc1C(C)=O. The summed E-state index contributed by atoms with van der Waals surface area (Å²) in [6.45, 7) is 2.36. The molecule has 0 radical (unpaired) electrons. The standard InChI is InChI=1S/C13H18N2O3S/c1-8(16)11-10(12(17)18-3)14-13(19-11)15(2)7-9-5-4-6-9/h9H,4-7H2,1-3H3. The third-order valence-electron chi connectivity index (χ3n) is 3.40. The summed E-state index contributed by atoms with van der Waals surface area (Å²) in [5, 5.41) is 0.706. The Bertz CT molecular complexity index is 494. The summed E-state index contributed by atoms with van der Waals surface area (Å²) in [4.78, 5) is 29.8. The van der Waals surface area contributed by atoms with Crippen LogP contribution in [0.1, 0.15) is 46.3 Å². The van der Waals surface area contributed by atoms with Crippen LogP contribution in [0.25, 0.3) is 0 Å². The van der Waals surface area contributed by atoms with Gasteiger partial charge in [0, 0.05) is 20.5 Å². The number of esters is 1. The molecule has 0 unspecified atom stereocenters. The Labute approximate surface area is 116 Å². The summed E-state index contributed by atoms with van der Waals surface area (Å²) in [7, 11) is 3.24. The lowest BCUT2D eigenvalue weighted by Gasteiger charge is -2.29. The molecule has 0 aromatic carbocycles. The highest BCUT2D eigenvalue weighted by molar-refractivity contribution is 7.17. The van der Waals surface area contributed by atoms with Gasteiger partial charge in [0.2, 0.25) is 0 Å². The maximum atomic E-state index is 11.6. The Kier molecular flexibility index (Phi) is 4.19. The second-order valence-electron chi connectivity index (χ2n) is 4.90. The first-order valence-corrected chi connectivity index (χ1v) is 7.15. The lowest BCUT2D eigenvalue weighted by molar-refractivity contribution is 0.0591. The van der Waals surface area contributed by atoms with Crippen LogP contribution in [0.3, 0.4) is 0 Å². The lowest BCUT2D eigenvalue weighted by Crippen LogP contribution is -2.29. The first-order chi connectivity index (χ1) is 9.02. The highest BCUT2D eigenvalue weighted by atomic mass is 32.1. The van der Waals surface area contributed by atoms with Crippen molar-refractivity contribution in [1.82, 2.24) is 4.98 Å². The summed E-state index contributed by atoms with van der Waals surface area (Å²) in [6, 6.07) is 0. The van der Waals surface area contributed by atoms with E-state index >= 15 is 0 Å². The van der Waals surface area contributed by atoms with Crippen molar-refractivity contribution in [3.8, 4) is 0 Å². The normalized spacial score (nSPS) is 14.9. The quantitative estimate of drug-likeness (QED) is 0.613. The monoisotopic (exact) mass is 282 g/mol. The molecule has 1 saturated carbocycles. The molecule has 1 fully saturated rings. The Morgan fingerprint density at radius 2 is 2.16 bits per heavy atom. The number of ketones is 1. The molecule has 0 saturated heterocycles.